The summed E-state index contributed by atoms with van der Waals surface area (Å²) in [6.07, 6.45) is 0.656. The van der Waals surface area contributed by atoms with Gasteiger partial charge in [-0.2, -0.15) is 4.52 Å². The molecule has 2 aromatic heterocycles. The highest BCUT2D eigenvalue weighted by Gasteiger charge is 2.06. The highest BCUT2D eigenvalue weighted by Crippen LogP contribution is 2.09. The molecule has 6 heteroatoms. The van der Waals surface area contributed by atoms with Crippen LogP contribution in [0, 0.1) is 0 Å². The number of rotatable bonds is 4. The second kappa shape index (κ2) is 4.22. The summed E-state index contributed by atoms with van der Waals surface area (Å²) < 4.78 is 6.96. The molecule has 2 aromatic rings. The lowest BCUT2D eigenvalue weighted by Gasteiger charge is -2.02. The molecule has 0 aliphatic rings. The maximum Gasteiger partial charge on any atom is 0.231 e. The van der Waals surface area contributed by atoms with Crippen molar-refractivity contribution >= 4 is 5.65 Å². The lowest BCUT2D eigenvalue weighted by Crippen LogP contribution is -2.08. The lowest BCUT2D eigenvalue weighted by molar-refractivity contribution is 0.321. The zero-order chi connectivity index (χ0) is 10.7. The van der Waals surface area contributed by atoms with Gasteiger partial charge in [-0.1, -0.05) is 0 Å². The minimum atomic E-state index is 0.529. The fraction of sp³-hybridized carbons (Fsp3) is 0.444. The number of fused-ring (bicyclic) bond motifs is 1. The van der Waals surface area contributed by atoms with Crippen LogP contribution in [0.3, 0.4) is 0 Å². The molecule has 2 rings (SSSR count). The van der Waals surface area contributed by atoms with E-state index in [2.05, 4.69) is 15.3 Å². The first-order chi connectivity index (χ1) is 7.35. The van der Waals surface area contributed by atoms with Crippen molar-refractivity contribution < 1.29 is 4.74 Å². The molecular formula is C9H13N5O. The number of ether oxygens (including phenoxy) is 1. The molecule has 0 atom stereocenters. The molecule has 6 nitrogen and oxygen atoms in total. The molecule has 0 radical (unpaired) electrons. The van der Waals surface area contributed by atoms with Crippen LogP contribution >= 0.6 is 0 Å². The van der Waals surface area contributed by atoms with Crippen LogP contribution in [0.5, 0.6) is 5.88 Å². The normalized spacial score (nSPS) is 10.8. The molecule has 2 N–H and O–H groups in total. The van der Waals surface area contributed by atoms with E-state index in [9.17, 15) is 0 Å². The van der Waals surface area contributed by atoms with Gasteiger partial charge in [-0.15, -0.1) is 15.3 Å². The molecule has 0 unspecified atom stereocenters. The third kappa shape index (κ3) is 1.89. The Bertz CT molecular complexity index is 453. The van der Waals surface area contributed by atoms with Gasteiger partial charge < -0.3 is 10.5 Å². The van der Waals surface area contributed by atoms with Crippen LogP contribution in [-0.4, -0.2) is 33.0 Å². The summed E-state index contributed by atoms with van der Waals surface area (Å²) in [5, 5.41) is 12.2. The molecular weight excluding hydrogens is 194 g/mol. The largest absolute Gasteiger partial charge is 0.477 e. The Labute approximate surface area is 87.1 Å². The molecule has 0 spiro atoms. The van der Waals surface area contributed by atoms with E-state index in [1.165, 1.54) is 0 Å². The molecule has 0 aliphatic heterocycles. The molecule has 2 heterocycles. The van der Waals surface area contributed by atoms with E-state index in [4.69, 9.17) is 10.5 Å². The molecule has 0 saturated carbocycles. The average molecular weight is 207 g/mol. The quantitative estimate of drug-likeness (QED) is 0.764. The van der Waals surface area contributed by atoms with E-state index >= 15 is 0 Å². The van der Waals surface area contributed by atoms with Crippen LogP contribution < -0.4 is 10.5 Å². The first-order valence-corrected chi connectivity index (χ1v) is 4.89. The monoisotopic (exact) mass is 207 g/mol. The van der Waals surface area contributed by atoms with Crippen molar-refractivity contribution in [2.24, 2.45) is 5.73 Å². The van der Waals surface area contributed by atoms with Gasteiger partial charge in [0.25, 0.3) is 0 Å². The lowest BCUT2D eigenvalue weighted by atomic mass is 10.4. The Kier molecular flexibility index (Phi) is 2.77. The maximum absolute atomic E-state index is 5.47. The summed E-state index contributed by atoms with van der Waals surface area (Å²) in [4.78, 5) is 0. The number of nitrogens with two attached hydrogens (primary N) is 1. The van der Waals surface area contributed by atoms with Crippen LogP contribution in [0.4, 0.5) is 0 Å². The minimum Gasteiger partial charge on any atom is -0.477 e. The van der Waals surface area contributed by atoms with Gasteiger partial charge >= 0.3 is 0 Å². The maximum atomic E-state index is 5.47. The Morgan fingerprint density at radius 2 is 2.27 bits per heavy atom. The summed E-state index contributed by atoms with van der Waals surface area (Å²) in [5.41, 5.74) is 6.18. The van der Waals surface area contributed by atoms with Crippen molar-refractivity contribution in [1.82, 2.24) is 19.8 Å². The number of hydrogen-bond acceptors (Lipinski definition) is 5. The van der Waals surface area contributed by atoms with Crippen LogP contribution in [0.15, 0.2) is 12.1 Å². The standard InChI is InChI=1S/C9H13N5O/c1-2-15-9-4-3-7-11-12-8(5-6-10)14(7)13-9/h3-4H,2,5-6,10H2,1H3. The van der Waals surface area contributed by atoms with E-state index in [1.807, 2.05) is 13.0 Å². The van der Waals surface area contributed by atoms with Gasteiger partial charge in [-0.25, -0.2) is 0 Å². The molecule has 0 aromatic carbocycles. The first kappa shape index (κ1) is 9.85. The smallest absolute Gasteiger partial charge is 0.231 e. The van der Waals surface area contributed by atoms with Crippen molar-refractivity contribution in [3.05, 3.63) is 18.0 Å². The predicted octanol–water partition coefficient (Wildman–Crippen LogP) is 0.0242. The van der Waals surface area contributed by atoms with Crippen molar-refractivity contribution in [1.29, 1.82) is 0 Å². The topological polar surface area (TPSA) is 78.3 Å². The van der Waals surface area contributed by atoms with Crippen molar-refractivity contribution in [2.75, 3.05) is 13.2 Å². The van der Waals surface area contributed by atoms with E-state index < -0.39 is 0 Å². The van der Waals surface area contributed by atoms with Gasteiger partial charge in [0, 0.05) is 12.5 Å². The highest BCUT2D eigenvalue weighted by atomic mass is 16.5. The number of aromatic nitrogens is 4. The van der Waals surface area contributed by atoms with Gasteiger partial charge in [0.2, 0.25) is 5.88 Å². The molecule has 0 bridgehead atoms. The van der Waals surface area contributed by atoms with Crippen LogP contribution in [0.1, 0.15) is 12.7 Å². The van der Waals surface area contributed by atoms with Crippen LogP contribution in [-0.2, 0) is 6.42 Å². The third-order valence-corrected chi connectivity index (χ3v) is 1.96. The van der Waals surface area contributed by atoms with Gasteiger partial charge in [0.05, 0.1) is 6.61 Å². The van der Waals surface area contributed by atoms with Gasteiger partial charge in [-0.05, 0) is 19.5 Å². The second-order valence-corrected chi connectivity index (χ2v) is 3.03. The summed E-state index contributed by atoms with van der Waals surface area (Å²) in [6, 6.07) is 3.60. The Hall–Kier alpha value is -1.69. The predicted molar refractivity (Wildman–Crippen MR) is 54.7 cm³/mol. The minimum absolute atomic E-state index is 0.529. The summed E-state index contributed by atoms with van der Waals surface area (Å²) >= 11 is 0. The summed E-state index contributed by atoms with van der Waals surface area (Å²) in [7, 11) is 0. The summed E-state index contributed by atoms with van der Waals surface area (Å²) in [5.74, 6) is 1.33. The molecule has 0 aliphatic carbocycles. The number of nitrogens with zero attached hydrogens (tertiary/aromatic N) is 4. The van der Waals surface area contributed by atoms with E-state index in [0.29, 0.717) is 31.1 Å². The van der Waals surface area contributed by atoms with Crippen LogP contribution in [0.2, 0.25) is 0 Å². The van der Waals surface area contributed by atoms with E-state index in [0.717, 1.165) is 5.82 Å². The zero-order valence-corrected chi connectivity index (χ0v) is 8.55. The fourth-order valence-corrected chi connectivity index (χ4v) is 1.33. The van der Waals surface area contributed by atoms with Gasteiger partial charge in [0.1, 0.15) is 0 Å². The van der Waals surface area contributed by atoms with Gasteiger partial charge in [0.15, 0.2) is 11.5 Å². The van der Waals surface area contributed by atoms with Crippen molar-refractivity contribution in [3.8, 4) is 5.88 Å². The van der Waals surface area contributed by atoms with Crippen LogP contribution in [0.25, 0.3) is 5.65 Å². The molecule has 0 saturated heterocycles. The fourth-order valence-electron chi connectivity index (χ4n) is 1.33. The third-order valence-electron chi connectivity index (χ3n) is 1.96. The number of hydrogen-bond donors (Lipinski definition) is 1. The Balaban J connectivity index is 2.42. The van der Waals surface area contributed by atoms with Gasteiger partial charge in [-0.3, -0.25) is 0 Å². The van der Waals surface area contributed by atoms with E-state index in [-0.39, 0.29) is 0 Å². The first-order valence-electron chi connectivity index (χ1n) is 4.89. The Morgan fingerprint density at radius 1 is 1.40 bits per heavy atom. The Morgan fingerprint density at radius 3 is 3.00 bits per heavy atom. The molecule has 80 valence electrons. The highest BCUT2D eigenvalue weighted by molar-refractivity contribution is 5.37. The zero-order valence-electron chi connectivity index (χ0n) is 8.55. The molecule has 0 amide bonds. The SMILES string of the molecule is CCOc1ccc2nnc(CCN)n2n1. The molecule has 15 heavy (non-hydrogen) atoms. The second-order valence-electron chi connectivity index (χ2n) is 3.03. The average Bonchev–Trinajstić information content (AvgIpc) is 2.63. The van der Waals surface area contributed by atoms with E-state index in [1.54, 1.807) is 10.6 Å². The van der Waals surface area contributed by atoms with Crippen molar-refractivity contribution in [2.45, 2.75) is 13.3 Å². The van der Waals surface area contributed by atoms with Crippen molar-refractivity contribution in [3.63, 3.8) is 0 Å². The summed E-state index contributed by atoms with van der Waals surface area (Å²) in [6.45, 7) is 3.03. The molecule has 0 fully saturated rings.